The summed E-state index contributed by atoms with van der Waals surface area (Å²) in [4.78, 5) is 14.0. The van der Waals surface area contributed by atoms with E-state index in [0.29, 0.717) is 17.4 Å². The molecule has 4 aliphatic rings. The van der Waals surface area contributed by atoms with Gasteiger partial charge in [0.1, 0.15) is 0 Å². The quantitative estimate of drug-likeness (QED) is 0.221. The Balaban J connectivity index is 1.33. The summed E-state index contributed by atoms with van der Waals surface area (Å²) in [6.07, 6.45) is 6.22. The molecule has 7 unspecified atom stereocenters. The molecule has 7 atom stereocenters. The van der Waals surface area contributed by atoms with Crippen LogP contribution in [-0.4, -0.2) is 48.1 Å². The van der Waals surface area contributed by atoms with Crippen LogP contribution in [0, 0.1) is 30.1 Å². The number of hydrogen-bond donors (Lipinski definition) is 0. The predicted molar refractivity (Wildman–Crippen MR) is 146 cm³/mol. The van der Waals surface area contributed by atoms with Crippen LogP contribution in [0.4, 0.5) is 17.6 Å². The third kappa shape index (κ3) is 5.68. The number of hydrogen-bond acceptors (Lipinski definition) is 4. The third-order valence-electron chi connectivity index (χ3n) is 10.1. The summed E-state index contributed by atoms with van der Waals surface area (Å²) in [6, 6.07) is 6.24. The van der Waals surface area contributed by atoms with Crippen LogP contribution in [0.1, 0.15) is 99.0 Å². The molecule has 0 N–H and O–H groups in total. The predicted octanol–water partition coefficient (Wildman–Crippen LogP) is 8.43. The Morgan fingerprint density at radius 2 is 1.92 bits per heavy atom. The molecule has 0 spiro atoms. The van der Waals surface area contributed by atoms with Crippen molar-refractivity contribution in [1.29, 1.82) is 0 Å². The van der Waals surface area contributed by atoms with E-state index in [-0.39, 0.29) is 54.7 Å². The lowest BCUT2D eigenvalue weighted by atomic mass is 9.52. The van der Waals surface area contributed by atoms with Gasteiger partial charge >= 0.3 is 11.8 Å². The molecule has 0 bridgehead atoms. The van der Waals surface area contributed by atoms with Gasteiger partial charge in [-0.3, -0.25) is 4.79 Å². The topological polar surface area (TPSA) is 35.5 Å². The molecule has 1 heterocycles. The summed E-state index contributed by atoms with van der Waals surface area (Å²) in [7, 11) is 0. The second kappa shape index (κ2) is 11.3. The fourth-order valence-corrected chi connectivity index (χ4v) is 9.03. The van der Waals surface area contributed by atoms with E-state index in [9.17, 15) is 22.4 Å². The number of Topliss-reactive ketones (excluding diaryl/α,β-unsaturated/α-hetero) is 1. The van der Waals surface area contributed by atoms with Crippen molar-refractivity contribution in [3.63, 3.8) is 0 Å². The van der Waals surface area contributed by atoms with Gasteiger partial charge in [-0.2, -0.15) is 20.5 Å². The first-order valence-corrected chi connectivity index (χ1v) is 15.8. The van der Waals surface area contributed by atoms with E-state index in [4.69, 9.17) is 9.47 Å². The standard InChI is InChI=1S/C31H42F4O3S/c1-19-8-9-20-21-12-14-29(2)24(10-11-25(29)38-26-7-4-5-15-37-26)27(21)23(28(36)22(20)17-19)18-39-16-6-13-31(34,35)30(3,32)33/h8-9,17,21,23-27H,4-7,10-16,18H2,1-3H3. The number of benzene rings is 1. The molecular weight excluding hydrogens is 528 g/mol. The van der Waals surface area contributed by atoms with Crippen LogP contribution in [0.2, 0.25) is 0 Å². The van der Waals surface area contributed by atoms with Gasteiger partial charge in [-0.05, 0) is 98.8 Å². The van der Waals surface area contributed by atoms with E-state index in [1.807, 2.05) is 13.0 Å². The van der Waals surface area contributed by atoms with Gasteiger partial charge in [-0.25, -0.2) is 8.78 Å². The van der Waals surface area contributed by atoms with Crippen LogP contribution in [0.25, 0.3) is 0 Å². The van der Waals surface area contributed by atoms with Gasteiger partial charge < -0.3 is 9.47 Å². The highest BCUT2D eigenvalue weighted by Crippen LogP contribution is 2.63. The molecular formula is C31H42F4O3S. The third-order valence-corrected chi connectivity index (χ3v) is 11.3. The average Bonchev–Trinajstić information content (AvgIpc) is 3.21. The van der Waals surface area contributed by atoms with E-state index in [1.165, 1.54) is 11.8 Å². The molecule has 3 aliphatic carbocycles. The highest BCUT2D eigenvalue weighted by molar-refractivity contribution is 7.99. The summed E-state index contributed by atoms with van der Waals surface area (Å²) < 4.78 is 66.5. The number of carbonyl (C=O) groups excluding carboxylic acids is 1. The Kier molecular flexibility index (Phi) is 8.50. The van der Waals surface area contributed by atoms with Gasteiger partial charge in [0.15, 0.2) is 12.1 Å². The van der Waals surface area contributed by atoms with E-state index < -0.39 is 18.3 Å². The van der Waals surface area contributed by atoms with E-state index in [2.05, 4.69) is 19.1 Å². The molecule has 0 amide bonds. The van der Waals surface area contributed by atoms with Crippen LogP contribution in [0.15, 0.2) is 18.2 Å². The number of alkyl halides is 4. The largest absolute Gasteiger partial charge is 0.353 e. The molecule has 3 fully saturated rings. The van der Waals surface area contributed by atoms with Crippen molar-refractivity contribution in [3.05, 3.63) is 34.9 Å². The molecule has 39 heavy (non-hydrogen) atoms. The molecule has 8 heteroatoms. The van der Waals surface area contributed by atoms with Crippen LogP contribution in [-0.2, 0) is 9.47 Å². The van der Waals surface area contributed by atoms with E-state index in [1.54, 1.807) is 0 Å². The van der Waals surface area contributed by atoms with Gasteiger partial charge in [0.2, 0.25) is 0 Å². The Morgan fingerprint density at radius 3 is 2.64 bits per heavy atom. The molecule has 1 aromatic carbocycles. The Bertz CT molecular complexity index is 1040. The Hall–Kier alpha value is -1.12. The number of carbonyl (C=O) groups is 1. The summed E-state index contributed by atoms with van der Waals surface area (Å²) in [5.74, 6) is -6.45. The maximum absolute atomic E-state index is 14.0. The van der Waals surface area contributed by atoms with Crippen molar-refractivity contribution < 1.29 is 31.8 Å². The van der Waals surface area contributed by atoms with Crippen molar-refractivity contribution in [3.8, 4) is 0 Å². The summed E-state index contributed by atoms with van der Waals surface area (Å²) in [5.41, 5.74) is 2.98. The maximum Gasteiger partial charge on any atom is 0.309 e. The van der Waals surface area contributed by atoms with Crippen LogP contribution in [0.3, 0.4) is 0 Å². The number of fused-ring (bicyclic) bond motifs is 5. The minimum atomic E-state index is -4.03. The first-order chi connectivity index (χ1) is 18.4. The number of thioether (sulfide) groups is 1. The molecule has 218 valence electrons. The molecule has 0 aromatic heterocycles. The smallest absolute Gasteiger partial charge is 0.309 e. The Labute approximate surface area is 234 Å². The molecule has 1 aromatic rings. The van der Waals surface area contributed by atoms with Crippen LogP contribution in [0.5, 0.6) is 0 Å². The second-order valence-corrected chi connectivity index (χ2v) is 13.8. The number of aryl methyl sites for hydroxylation is 1. The van der Waals surface area contributed by atoms with Gasteiger partial charge in [-0.15, -0.1) is 0 Å². The molecule has 3 nitrogen and oxygen atoms in total. The normalized spacial score (nSPS) is 34.9. The minimum absolute atomic E-state index is 0.00968. The van der Waals surface area contributed by atoms with Crippen molar-refractivity contribution in [2.75, 3.05) is 18.1 Å². The van der Waals surface area contributed by atoms with Crippen LogP contribution >= 0.6 is 11.8 Å². The number of ether oxygens (including phenoxy) is 2. The molecule has 2 saturated carbocycles. The fourth-order valence-electron chi connectivity index (χ4n) is 7.89. The lowest BCUT2D eigenvalue weighted by Crippen LogP contribution is -2.50. The van der Waals surface area contributed by atoms with E-state index >= 15 is 0 Å². The van der Waals surface area contributed by atoms with Gasteiger partial charge in [0.25, 0.3) is 0 Å². The molecule has 1 saturated heterocycles. The zero-order chi connectivity index (χ0) is 28.0. The SMILES string of the molecule is Cc1ccc2c(c1)C(=O)C(CSCCCC(F)(F)C(C)(F)F)C1C2CCC2(C)C(OC3CCCCO3)CCC12. The number of ketones is 1. The average molecular weight is 571 g/mol. The monoisotopic (exact) mass is 570 g/mol. The van der Waals surface area contributed by atoms with E-state index in [0.717, 1.165) is 68.2 Å². The minimum Gasteiger partial charge on any atom is -0.353 e. The summed E-state index contributed by atoms with van der Waals surface area (Å²) >= 11 is 1.46. The van der Waals surface area contributed by atoms with Crippen molar-refractivity contribution in [2.45, 2.75) is 109 Å². The Morgan fingerprint density at radius 1 is 1.13 bits per heavy atom. The first kappa shape index (κ1) is 29.4. The van der Waals surface area contributed by atoms with Crippen LogP contribution < -0.4 is 0 Å². The van der Waals surface area contributed by atoms with Crippen molar-refractivity contribution in [1.82, 2.24) is 0 Å². The molecule has 1 aliphatic heterocycles. The highest BCUT2D eigenvalue weighted by atomic mass is 32.2. The zero-order valence-electron chi connectivity index (χ0n) is 23.3. The summed E-state index contributed by atoms with van der Waals surface area (Å²) in [5, 5.41) is 0. The highest BCUT2D eigenvalue weighted by Gasteiger charge is 2.59. The van der Waals surface area contributed by atoms with Gasteiger partial charge in [0.05, 0.1) is 6.10 Å². The van der Waals surface area contributed by atoms with Crippen molar-refractivity contribution in [2.24, 2.45) is 23.2 Å². The lowest BCUT2D eigenvalue weighted by molar-refractivity contribution is -0.213. The number of halogens is 4. The maximum atomic E-state index is 14.0. The fraction of sp³-hybridized carbons (Fsp3) is 0.774. The van der Waals surface area contributed by atoms with Gasteiger partial charge in [-0.1, -0.05) is 24.6 Å². The lowest BCUT2D eigenvalue weighted by Gasteiger charge is -2.53. The second-order valence-electron chi connectivity index (χ2n) is 12.7. The molecule has 5 rings (SSSR count). The van der Waals surface area contributed by atoms with Crippen molar-refractivity contribution >= 4 is 17.5 Å². The zero-order valence-corrected chi connectivity index (χ0v) is 24.1. The molecule has 0 radical (unpaired) electrons. The number of rotatable bonds is 9. The first-order valence-electron chi connectivity index (χ1n) is 14.7. The summed E-state index contributed by atoms with van der Waals surface area (Å²) in [6.45, 7) is 5.35. The van der Waals surface area contributed by atoms with Gasteiger partial charge in [0, 0.05) is 37.2 Å².